The molecule has 0 heterocycles. The van der Waals surface area contributed by atoms with Gasteiger partial charge in [-0.05, 0) is 30.5 Å². The lowest BCUT2D eigenvalue weighted by Gasteiger charge is -2.23. The Bertz CT molecular complexity index is 546. The van der Waals surface area contributed by atoms with Crippen LogP contribution in [0.2, 0.25) is 0 Å². The Morgan fingerprint density at radius 2 is 1.78 bits per heavy atom. The van der Waals surface area contributed by atoms with Crippen molar-refractivity contribution in [2.75, 3.05) is 27.3 Å². The molecule has 1 amide bonds. The Balaban J connectivity index is 2.92. The van der Waals surface area contributed by atoms with Gasteiger partial charge in [0.2, 0.25) is 5.91 Å². The predicted molar refractivity (Wildman–Crippen MR) is 89.7 cm³/mol. The average Bonchev–Trinajstić information content (AvgIpc) is 2.58. The van der Waals surface area contributed by atoms with Crippen LogP contribution in [0.25, 0.3) is 0 Å². The van der Waals surface area contributed by atoms with Crippen molar-refractivity contribution in [3.05, 3.63) is 23.8 Å². The number of nitrogens with zero attached hydrogens (tertiary/aromatic N) is 2. The second kappa shape index (κ2) is 9.73. The Hall–Kier alpha value is -2.22. The molecule has 0 spiro atoms. The molecule has 0 aliphatic rings. The van der Waals surface area contributed by atoms with E-state index in [1.807, 2.05) is 24.8 Å². The number of carbonyl (C=O) groups is 1. The van der Waals surface area contributed by atoms with E-state index >= 15 is 0 Å². The Kier molecular flexibility index (Phi) is 7.96. The molecule has 0 bridgehead atoms. The monoisotopic (exact) mass is 318 g/mol. The maximum Gasteiger partial charge on any atom is 0.224 e. The van der Waals surface area contributed by atoms with E-state index in [-0.39, 0.29) is 12.3 Å². The van der Waals surface area contributed by atoms with Crippen molar-refractivity contribution in [2.24, 2.45) is 0 Å². The number of ether oxygens (including phenoxy) is 2. The van der Waals surface area contributed by atoms with E-state index in [4.69, 9.17) is 9.47 Å². The smallest absolute Gasteiger partial charge is 0.224 e. The number of benzene rings is 1. The van der Waals surface area contributed by atoms with E-state index in [1.54, 1.807) is 26.4 Å². The molecular formula is C18H26N2O3. The predicted octanol–water partition coefficient (Wildman–Crippen LogP) is 3.35. The third-order valence-corrected chi connectivity index (χ3v) is 3.68. The van der Waals surface area contributed by atoms with E-state index in [9.17, 15) is 10.1 Å². The summed E-state index contributed by atoms with van der Waals surface area (Å²) < 4.78 is 10.5. The fourth-order valence-electron chi connectivity index (χ4n) is 2.51. The van der Waals surface area contributed by atoms with E-state index in [2.05, 4.69) is 6.07 Å². The van der Waals surface area contributed by atoms with Crippen LogP contribution >= 0.6 is 0 Å². The normalized spacial score (nSPS) is 11.4. The highest BCUT2D eigenvalue weighted by Crippen LogP contribution is 2.31. The summed E-state index contributed by atoms with van der Waals surface area (Å²) in [5, 5.41) is 9.47. The number of amides is 1. The van der Waals surface area contributed by atoms with Crippen molar-refractivity contribution in [1.82, 2.24) is 4.90 Å². The van der Waals surface area contributed by atoms with Crippen LogP contribution in [0.4, 0.5) is 0 Å². The molecule has 1 rings (SSSR count). The molecule has 1 aromatic rings. The van der Waals surface area contributed by atoms with Gasteiger partial charge in [0.05, 0.1) is 26.2 Å². The van der Waals surface area contributed by atoms with Gasteiger partial charge in [-0.3, -0.25) is 4.79 Å². The number of rotatable bonds is 9. The number of hydrogen-bond acceptors (Lipinski definition) is 4. The molecule has 1 atom stereocenters. The topological polar surface area (TPSA) is 62.6 Å². The molecule has 0 aliphatic heterocycles. The lowest BCUT2D eigenvalue weighted by atomic mass is 9.96. The van der Waals surface area contributed by atoms with Crippen LogP contribution in [0, 0.1) is 11.3 Å². The van der Waals surface area contributed by atoms with Gasteiger partial charge < -0.3 is 14.4 Å². The molecule has 0 saturated heterocycles. The van der Waals surface area contributed by atoms with Crippen molar-refractivity contribution < 1.29 is 14.3 Å². The Labute approximate surface area is 138 Å². The zero-order chi connectivity index (χ0) is 17.2. The first kappa shape index (κ1) is 18.8. The minimum atomic E-state index is -0.487. The fraction of sp³-hybridized carbons (Fsp3) is 0.556. The molecule has 0 saturated carbocycles. The first-order chi connectivity index (χ1) is 11.1. The minimum Gasteiger partial charge on any atom is -0.493 e. The molecule has 0 N–H and O–H groups in total. The van der Waals surface area contributed by atoms with E-state index < -0.39 is 5.92 Å². The van der Waals surface area contributed by atoms with Gasteiger partial charge >= 0.3 is 0 Å². The Morgan fingerprint density at radius 1 is 1.17 bits per heavy atom. The average molecular weight is 318 g/mol. The number of methoxy groups -OCH3 is 2. The molecule has 0 radical (unpaired) electrons. The van der Waals surface area contributed by atoms with Gasteiger partial charge in [-0.1, -0.05) is 19.9 Å². The molecular weight excluding hydrogens is 292 g/mol. The van der Waals surface area contributed by atoms with Gasteiger partial charge in [-0.25, -0.2) is 0 Å². The molecule has 0 aliphatic carbocycles. The molecule has 1 aromatic carbocycles. The standard InChI is InChI=1S/C18H26N2O3/c1-5-9-20(10-6-2)18(21)12-15(13-19)14-7-8-16(22-3)17(11-14)23-4/h7-8,11,15H,5-6,9-10,12H2,1-4H3. The van der Waals surface area contributed by atoms with Crippen LogP contribution < -0.4 is 9.47 Å². The van der Waals surface area contributed by atoms with Crippen molar-refractivity contribution in [3.63, 3.8) is 0 Å². The molecule has 5 nitrogen and oxygen atoms in total. The largest absolute Gasteiger partial charge is 0.493 e. The lowest BCUT2D eigenvalue weighted by molar-refractivity contribution is -0.131. The van der Waals surface area contributed by atoms with Crippen LogP contribution in [0.1, 0.15) is 44.6 Å². The molecule has 1 unspecified atom stereocenters. The maximum absolute atomic E-state index is 12.5. The second-order valence-corrected chi connectivity index (χ2v) is 5.38. The van der Waals surface area contributed by atoms with Crippen molar-refractivity contribution in [2.45, 2.75) is 39.0 Å². The van der Waals surface area contributed by atoms with Crippen LogP contribution in [-0.2, 0) is 4.79 Å². The molecule has 5 heteroatoms. The lowest BCUT2D eigenvalue weighted by Crippen LogP contribution is -2.33. The highest BCUT2D eigenvalue weighted by molar-refractivity contribution is 5.77. The summed E-state index contributed by atoms with van der Waals surface area (Å²) in [4.78, 5) is 14.3. The van der Waals surface area contributed by atoms with Crippen LogP contribution in [0.5, 0.6) is 11.5 Å². The highest BCUT2D eigenvalue weighted by atomic mass is 16.5. The number of nitriles is 1. The summed E-state index contributed by atoms with van der Waals surface area (Å²) in [6, 6.07) is 7.58. The summed E-state index contributed by atoms with van der Waals surface area (Å²) >= 11 is 0. The third-order valence-electron chi connectivity index (χ3n) is 3.68. The van der Waals surface area contributed by atoms with Crippen molar-refractivity contribution in [3.8, 4) is 17.6 Å². The fourth-order valence-corrected chi connectivity index (χ4v) is 2.51. The number of carbonyl (C=O) groups excluding carboxylic acids is 1. The Morgan fingerprint density at radius 3 is 2.26 bits per heavy atom. The molecule has 0 aromatic heterocycles. The summed E-state index contributed by atoms with van der Waals surface area (Å²) in [5.74, 6) is 0.711. The van der Waals surface area contributed by atoms with Gasteiger partial charge in [0, 0.05) is 19.5 Å². The van der Waals surface area contributed by atoms with E-state index in [0.29, 0.717) is 11.5 Å². The summed E-state index contributed by atoms with van der Waals surface area (Å²) in [6.45, 7) is 5.56. The molecule has 23 heavy (non-hydrogen) atoms. The van der Waals surface area contributed by atoms with Gasteiger partial charge in [0.1, 0.15) is 0 Å². The summed E-state index contributed by atoms with van der Waals surface area (Å²) in [7, 11) is 3.12. The van der Waals surface area contributed by atoms with Gasteiger partial charge in [0.25, 0.3) is 0 Å². The maximum atomic E-state index is 12.5. The SMILES string of the molecule is CCCN(CCC)C(=O)CC(C#N)c1ccc(OC)c(OC)c1. The number of hydrogen-bond donors (Lipinski definition) is 0. The highest BCUT2D eigenvalue weighted by Gasteiger charge is 2.21. The van der Waals surface area contributed by atoms with Crippen LogP contribution in [0.3, 0.4) is 0 Å². The van der Waals surface area contributed by atoms with Gasteiger partial charge in [-0.2, -0.15) is 5.26 Å². The summed E-state index contributed by atoms with van der Waals surface area (Å²) in [5.41, 5.74) is 0.770. The van der Waals surface area contributed by atoms with Crippen LogP contribution in [-0.4, -0.2) is 38.1 Å². The second-order valence-electron chi connectivity index (χ2n) is 5.38. The molecule has 0 fully saturated rings. The third kappa shape index (κ3) is 5.17. The van der Waals surface area contributed by atoms with Crippen LogP contribution in [0.15, 0.2) is 18.2 Å². The first-order valence-corrected chi connectivity index (χ1v) is 8.00. The van der Waals surface area contributed by atoms with E-state index in [1.165, 1.54) is 0 Å². The van der Waals surface area contributed by atoms with Gasteiger partial charge in [0.15, 0.2) is 11.5 Å². The van der Waals surface area contributed by atoms with Crippen molar-refractivity contribution >= 4 is 5.91 Å². The zero-order valence-electron chi connectivity index (χ0n) is 14.5. The zero-order valence-corrected chi connectivity index (χ0v) is 14.5. The van der Waals surface area contributed by atoms with Crippen molar-refractivity contribution in [1.29, 1.82) is 5.26 Å². The molecule has 126 valence electrons. The van der Waals surface area contributed by atoms with E-state index in [0.717, 1.165) is 31.5 Å². The quantitative estimate of drug-likeness (QED) is 0.700. The summed E-state index contributed by atoms with van der Waals surface area (Å²) in [6.07, 6.45) is 2.02. The first-order valence-electron chi connectivity index (χ1n) is 8.00. The minimum absolute atomic E-state index is 0.0232. The van der Waals surface area contributed by atoms with Gasteiger partial charge in [-0.15, -0.1) is 0 Å².